The van der Waals surface area contributed by atoms with Crippen molar-refractivity contribution < 1.29 is 5.11 Å². The summed E-state index contributed by atoms with van der Waals surface area (Å²) in [7, 11) is 0. The first kappa shape index (κ1) is 9.56. The van der Waals surface area contributed by atoms with E-state index in [0.717, 1.165) is 38.5 Å². The second-order valence-electron chi connectivity index (χ2n) is 4.59. The zero-order valence-corrected chi connectivity index (χ0v) is 8.29. The largest absolute Gasteiger partial charge is 0.376 e. The summed E-state index contributed by atoms with van der Waals surface area (Å²) in [6.45, 7) is 0. The lowest BCUT2D eigenvalue weighted by atomic mass is 9.53. The van der Waals surface area contributed by atoms with Gasteiger partial charge in [-0.25, -0.2) is 0 Å². The van der Waals surface area contributed by atoms with Gasteiger partial charge in [-0.15, -0.1) is 6.42 Å². The van der Waals surface area contributed by atoms with Crippen LogP contribution in [0.5, 0.6) is 0 Å². The average Bonchev–Trinajstić information content (AvgIpc) is 1.99. The van der Waals surface area contributed by atoms with Crippen molar-refractivity contribution in [1.82, 2.24) is 0 Å². The first-order valence-corrected chi connectivity index (χ1v) is 5.30. The van der Waals surface area contributed by atoms with Crippen molar-refractivity contribution in [2.24, 2.45) is 11.3 Å². The minimum atomic E-state index is -1.15. The fraction of sp³-hybridized carbons (Fsp3) is 0.750. The van der Waals surface area contributed by atoms with E-state index in [1.54, 1.807) is 0 Å². The smallest absolute Gasteiger partial charge is 0.146 e. The van der Waals surface area contributed by atoms with Crippen LogP contribution in [0, 0.1) is 35.0 Å². The Morgan fingerprint density at radius 2 is 2.00 bits per heavy atom. The molecule has 0 unspecified atom stereocenters. The fourth-order valence-electron chi connectivity index (χ4n) is 2.58. The second kappa shape index (κ2) is 3.01. The number of nitriles is 1. The van der Waals surface area contributed by atoms with Crippen LogP contribution in [0.4, 0.5) is 0 Å². The second-order valence-corrected chi connectivity index (χ2v) is 4.59. The molecule has 2 nitrogen and oxygen atoms in total. The lowest BCUT2D eigenvalue weighted by Crippen LogP contribution is -2.57. The highest BCUT2D eigenvalue weighted by molar-refractivity contribution is 5.28. The maximum absolute atomic E-state index is 10.5. The zero-order chi connectivity index (χ0) is 10.2. The molecule has 0 saturated heterocycles. The van der Waals surface area contributed by atoms with Gasteiger partial charge in [0.15, 0.2) is 0 Å². The number of nitrogens with zero attached hydrogens (tertiary/aromatic N) is 1. The summed E-state index contributed by atoms with van der Waals surface area (Å²) in [5, 5.41) is 19.6. The Morgan fingerprint density at radius 1 is 1.36 bits per heavy atom. The molecule has 1 N–H and O–H groups in total. The minimum Gasteiger partial charge on any atom is -0.376 e. The molecular weight excluding hydrogens is 174 g/mol. The molecule has 1 atom stereocenters. The van der Waals surface area contributed by atoms with Crippen molar-refractivity contribution in [3.63, 3.8) is 0 Å². The summed E-state index contributed by atoms with van der Waals surface area (Å²) >= 11 is 0. The Bertz CT molecular complexity index is 314. The van der Waals surface area contributed by atoms with Crippen molar-refractivity contribution >= 4 is 0 Å². The summed E-state index contributed by atoms with van der Waals surface area (Å²) in [4.78, 5) is 0. The molecule has 74 valence electrons. The molecule has 0 heterocycles. The van der Waals surface area contributed by atoms with Crippen LogP contribution in [0.1, 0.15) is 38.5 Å². The van der Waals surface area contributed by atoms with E-state index in [0.29, 0.717) is 0 Å². The monoisotopic (exact) mass is 189 g/mol. The molecule has 2 rings (SSSR count). The predicted octanol–water partition coefficient (Wildman–Crippen LogP) is 1.84. The Balaban J connectivity index is 2.27. The van der Waals surface area contributed by atoms with Crippen LogP contribution in [-0.4, -0.2) is 10.7 Å². The van der Waals surface area contributed by atoms with E-state index in [1.165, 1.54) is 0 Å². The predicted molar refractivity (Wildman–Crippen MR) is 53.0 cm³/mol. The third kappa shape index (κ3) is 0.954. The van der Waals surface area contributed by atoms with Gasteiger partial charge in [0, 0.05) is 5.92 Å². The Morgan fingerprint density at radius 3 is 2.21 bits per heavy atom. The van der Waals surface area contributed by atoms with E-state index in [2.05, 4.69) is 12.0 Å². The van der Waals surface area contributed by atoms with Crippen molar-refractivity contribution in [2.75, 3.05) is 0 Å². The van der Waals surface area contributed by atoms with Gasteiger partial charge in [-0.1, -0.05) is 12.3 Å². The molecule has 14 heavy (non-hydrogen) atoms. The van der Waals surface area contributed by atoms with Crippen molar-refractivity contribution in [3.8, 4) is 18.4 Å². The number of rotatable bonds is 2. The molecule has 2 aliphatic rings. The van der Waals surface area contributed by atoms with Gasteiger partial charge < -0.3 is 5.11 Å². The van der Waals surface area contributed by atoms with Crippen LogP contribution in [0.3, 0.4) is 0 Å². The molecule has 0 radical (unpaired) electrons. The maximum Gasteiger partial charge on any atom is 0.146 e. The van der Waals surface area contributed by atoms with Gasteiger partial charge in [0.1, 0.15) is 5.60 Å². The molecule has 0 amide bonds. The highest BCUT2D eigenvalue weighted by Crippen LogP contribution is 2.55. The highest BCUT2D eigenvalue weighted by atomic mass is 16.3. The van der Waals surface area contributed by atoms with E-state index in [4.69, 9.17) is 11.7 Å². The fourth-order valence-corrected chi connectivity index (χ4v) is 2.58. The van der Waals surface area contributed by atoms with Crippen molar-refractivity contribution in [3.05, 3.63) is 0 Å². The van der Waals surface area contributed by atoms with Gasteiger partial charge in [-0.3, -0.25) is 0 Å². The quantitative estimate of drug-likeness (QED) is 0.674. The minimum absolute atomic E-state index is 0.160. The summed E-state index contributed by atoms with van der Waals surface area (Å²) < 4.78 is 0. The van der Waals surface area contributed by atoms with Gasteiger partial charge in [0.05, 0.1) is 11.5 Å². The standard InChI is InChI=1S/C12H15NO/c1-2-12(14,10-5-3-6-10)11(9-13)7-4-8-11/h1,10,14H,3-8H2/t12-/m1/s1. The molecule has 2 fully saturated rings. The highest BCUT2D eigenvalue weighted by Gasteiger charge is 2.58. The molecule has 0 aromatic carbocycles. The molecule has 0 spiro atoms. The van der Waals surface area contributed by atoms with Gasteiger partial charge in [-0.05, 0) is 32.1 Å². The third-order valence-corrected chi connectivity index (χ3v) is 4.07. The number of terminal acetylenes is 1. The normalized spacial score (nSPS) is 28.8. The van der Waals surface area contributed by atoms with E-state index in [9.17, 15) is 5.11 Å². The Labute approximate surface area is 84.9 Å². The molecule has 2 aliphatic carbocycles. The number of hydrogen-bond acceptors (Lipinski definition) is 2. The third-order valence-electron chi connectivity index (χ3n) is 4.07. The van der Waals surface area contributed by atoms with Gasteiger partial charge >= 0.3 is 0 Å². The van der Waals surface area contributed by atoms with Crippen LogP contribution in [0.2, 0.25) is 0 Å². The average molecular weight is 189 g/mol. The lowest BCUT2D eigenvalue weighted by Gasteiger charge is -2.51. The van der Waals surface area contributed by atoms with Crippen LogP contribution in [0.15, 0.2) is 0 Å². The van der Waals surface area contributed by atoms with E-state index >= 15 is 0 Å². The topological polar surface area (TPSA) is 44.0 Å². The summed E-state index contributed by atoms with van der Waals surface area (Å²) in [5.74, 6) is 2.67. The van der Waals surface area contributed by atoms with Crippen LogP contribution < -0.4 is 0 Å². The molecule has 0 aromatic heterocycles. The first-order chi connectivity index (χ1) is 6.68. The summed E-state index contributed by atoms with van der Waals surface area (Å²) in [6.07, 6.45) is 11.1. The SMILES string of the molecule is C#C[C@@](O)(C1CCC1)C1(C#N)CCC1. The van der Waals surface area contributed by atoms with Crippen molar-refractivity contribution in [2.45, 2.75) is 44.1 Å². The van der Waals surface area contributed by atoms with Crippen molar-refractivity contribution in [1.29, 1.82) is 5.26 Å². The Hall–Kier alpha value is -0.990. The number of aliphatic hydroxyl groups is 1. The van der Waals surface area contributed by atoms with Gasteiger partial charge in [-0.2, -0.15) is 5.26 Å². The molecule has 2 saturated carbocycles. The van der Waals surface area contributed by atoms with Crippen LogP contribution >= 0.6 is 0 Å². The maximum atomic E-state index is 10.5. The van der Waals surface area contributed by atoms with E-state index < -0.39 is 11.0 Å². The molecule has 0 bridgehead atoms. The summed E-state index contributed by atoms with van der Waals surface area (Å²) in [5.41, 5.74) is -1.79. The zero-order valence-electron chi connectivity index (χ0n) is 8.29. The van der Waals surface area contributed by atoms with Crippen LogP contribution in [-0.2, 0) is 0 Å². The molecule has 2 heteroatoms. The first-order valence-electron chi connectivity index (χ1n) is 5.30. The van der Waals surface area contributed by atoms with Gasteiger partial charge in [0.2, 0.25) is 0 Å². The molecular formula is C12H15NO. The number of hydrogen-bond donors (Lipinski definition) is 1. The van der Waals surface area contributed by atoms with E-state index in [-0.39, 0.29) is 5.92 Å². The lowest BCUT2D eigenvalue weighted by molar-refractivity contribution is -0.110. The molecule has 0 aromatic rings. The summed E-state index contributed by atoms with van der Waals surface area (Å²) in [6, 6.07) is 2.26. The van der Waals surface area contributed by atoms with Crippen LogP contribution in [0.25, 0.3) is 0 Å². The Kier molecular flexibility index (Phi) is 2.05. The van der Waals surface area contributed by atoms with Gasteiger partial charge in [0.25, 0.3) is 0 Å². The van der Waals surface area contributed by atoms with E-state index in [1.807, 2.05) is 0 Å². The molecule has 0 aliphatic heterocycles.